The van der Waals surface area contributed by atoms with Crippen molar-refractivity contribution >= 4 is 17.2 Å². The summed E-state index contributed by atoms with van der Waals surface area (Å²) < 4.78 is 18.2. The molecule has 0 spiro atoms. The lowest BCUT2D eigenvalue weighted by atomic mass is 10.2. The van der Waals surface area contributed by atoms with E-state index in [-0.39, 0.29) is 17.2 Å². The standard InChI is InChI=1S/C13H12FNO2S/c1-17-12-5-4-9(7-11(12)14)13(16)15-8-10-3-2-6-18-10/h2-7H,8H2,1H3,(H,15,16). The molecule has 5 heteroatoms. The fourth-order valence-corrected chi connectivity index (χ4v) is 2.13. The van der Waals surface area contributed by atoms with E-state index in [4.69, 9.17) is 4.74 Å². The molecule has 94 valence electrons. The van der Waals surface area contributed by atoms with Crippen LogP contribution in [0.1, 0.15) is 15.2 Å². The monoisotopic (exact) mass is 265 g/mol. The molecule has 0 unspecified atom stereocenters. The van der Waals surface area contributed by atoms with E-state index >= 15 is 0 Å². The Labute approximate surface area is 108 Å². The normalized spacial score (nSPS) is 10.1. The lowest BCUT2D eigenvalue weighted by molar-refractivity contribution is 0.0951. The van der Waals surface area contributed by atoms with Crippen LogP contribution in [-0.2, 0) is 6.54 Å². The van der Waals surface area contributed by atoms with Crippen LogP contribution in [0.4, 0.5) is 4.39 Å². The van der Waals surface area contributed by atoms with Gasteiger partial charge in [0.05, 0.1) is 13.7 Å². The second-order valence-electron chi connectivity index (χ2n) is 3.61. The second kappa shape index (κ2) is 5.64. The second-order valence-corrected chi connectivity index (χ2v) is 4.64. The summed E-state index contributed by atoms with van der Waals surface area (Å²) in [5.41, 5.74) is 0.282. The molecule has 1 aromatic carbocycles. The Morgan fingerprint density at radius 3 is 2.89 bits per heavy atom. The fraction of sp³-hybridized carbons (Fsp3) is 0.154. The molecule has 1 amide bonds. The van der Waals surface area contributed by atoms with E-state index in [0.717, 1.165) is 4.88 Å². The molecule has 0 aliphatic carbocycles. The average Bonchev–Trinajstić information content (AvgIpc) is 2.89. The van der Waals surface area contributed by atoms with Crippen molar-refractivity contribution in [2.24, 2.45) is 0 Å². The number of carbonyl (C=O) groups excluding carboxylic acids is 1. The predicted octanol–water partition coefficient (Wildman–Crippen LogP) is 2.83. The molecule has 1 aromatic heterocycles. The highest BCUT2D eigenvalue weighted by Crippen LogP contribution is 2.17. The summed E-state index contributed by atoms with van der Waals surface area (Å²) in [6, 6.07) is 7.99. The fourth-order valence-electron chi connectivity index (χ4n) is 1.49. The first-order chi connectivity index (χ1) is 8.70. The minimum Gasteiger partial charge on any atom is -0.494 e. The van der Waals surface area contributed by atoms with E-state index in [2.05, 4.69) is 5.32 Å². The zero-order chi connectivity index (χ0) is 13.0. The molecule has 2 aromatic rings. The van der Waals surface area contributed by atoms with E-state index in [1.807, 2.05) is 17.5 Å². The zero-order valence-corrected chi connectivity index (χ0v) is 10.6. The molecule has 0 saturated heterocycles. The zero-order valence-electron chi connectivity index (χ0n) is 9.77. The minimum absolute atomic E-state index is 0.129. The van der Waals surface area contributed by atoms with Gasteiger partial charge in [-0.2, -0.15) is 0 Å². The molecule has 0 atom stereocenters. The lowest BCUT2D eigenvalue weighted by Gasteiger charge is -2.06. The SMILES string of the molecule is COc1ccc(C(=O)NCc2cccs2)cc1F. The highest BCUT2D eigenvalue weighted by Gasteiger charge is 2.09. The number of carbonyl (C=O) groups is 1. The van der Waals surface area contributed by atoms with Gasteiger partial charge in [-0.25, -0.2) is 4.39 Å². The van der Waals surface area contributed by atoms with E-state index in [0.29, 0.717) is 6.54 Å². The van der Waals surface area contributed by atoms with Gasteiger partial charge in [-0.05, 0) is 29.6 Å². The number of halogens is 1. The molecule has 0 fully saturated rings. The van der Waals surface area contributed by atoms with Gasteiger partial charge in [0.2, 0.25) is 0 Å². The van der Waals surface area contributed by atoms with E-state index < -0.39 is 5.82 Å². The first-order valence-corrected chi connectivity index (χ1v) is 6.23. The van der Waals surface area contributed by atoms with Gasteiger partial charge in [-0.1, -0.05) is 6.07 Å². The van der Waals surface area contributed by atoms with Crippen LogP contribution in [0.15, 0.2) is 35.7 Å². The van der Waals surface area contributed by atoms with Gasteiger partial charge in [0.25, 0.3) is 5.91 Å². The number of hydrogen-bond donors (Lipinski definition) is 1. The van der Waals surface area contributed by atoms with Crippen molar-refractivity contribution in [3.63, 3.8) is 0 Å². The van der Waals surface area contributed by atoms with Crippen LogP contribution in [0, 0.1) is 5.82 Å². The summed E-state index contributed by atoms with van der Waals surface area (Å²) in [7, 11) is 1.38. The van der Waals surface area contributed by atoms with Gasteiger partial charge in [0, 0.05) is 10.4 Å². The smallest absolute Gasteiger partial charge is 0.251 e. The van der Waals surface area contributed by atoms with Crippen molar-refractivity contribution in [2.45, 2.75) is 6.54 Å². The van der Waals surface area contributed by atoms with Crippen molar-refractivity contribution in [3.8, 4) is 5.75 Å². The van der Waals surface area contributed by atoms with Crippen LogP contribution >= 0.6 is 11.3 Å². The molecule has 2 rings (SSSR count). The molecular weight excluding hydrogens is 253 g/mol. The molecule has 0 bridgehead atoms. The minimum atomic E-state index is -0.540. The molecule has 0 saturated carbocycles. The van der Waals surface area contributed by atoms with Crippen LogP contribution in [-0.4, -0.2) is 13.0 Å². The number of methoxy groups -OCH3 is 1. The number of nitrogens with one attached hydrogen (secondary N) is 1. The van der Waals surface area contributed by atoms with Crippen LogP contribution in [0.25, 0.3) is 0 Å². The van der Waals surface area contributed by atoms with E-state index in [1.165, 1.54) is 25.3 Å². The summed E-state index contributed by atoms with van der Waals surface area (Å²) in [5, 5.41) is 4.67. The van der Waals surface area contributed by atoms with Crippen molar-refractivity contribution in [1.29, 1.82) is 0 Å². The summed E-state index contributed by atoms with van der Waals surface area (Å²) in [5.74, 6) is -0.712. The van der Waals surface area contributed by atoms with Crippen molar-refractivity contribution in [3.05, 3.63) is 52.0 Å². The van der Waals surface area contributed by atoms with Gasteiger partial charge < -0.3 is 10.1 Å². The Hall–Kier alpha value is -1.88. The van der Waals surface area contributed by atoms with Crippen LogP contribution in [0.2, 0.25) is 0 Å². The lowest BCUT2D eigenvalue weighted by Crippen LogP contribution is -2.22. The molecule has 0 aliphatic rings. The first kappa shape index (κ1) is 12.6. The largest absolute Gasteiger partial charge is 0.494 e. The Kier molecular flexibility index (Phi) is 3.94. The van der Waals surface area contributed by atoms with Crippen molar-refractivity contribution in [1.82, 2.24) is 5.32 Å². The maximum Gasteiger partial charge on any atom is 0.251 e. The van der Waals surface area contributed by atoms with E-state index in [9.17, 15) is 9.18 Å². The maximum atomic E-state index is 13.4. The molecule has 0 radical (unpaired) electrons. The summed E-state index contributed by atoms with van der Waals surface area (Å²) in [6.45, 7) is 0.449. The van der Waals surface area contributed by atoms with Gasteiger partial charge in [0.1, 0.15) is 0 Å². The highest BCUT2D eigenvalue weighted by atomic mass is 32.1. The third kappa shape index (κ3) is 2.87. The number of hydrogen-bond acceptors (Lipinski definition) is 3. The summed E-state index contributed by atoms with van der Waals surface area (Å²) in [6.07, 6.45) is 0. The Morgan fingerprint density at radius 1 is 1.44 bits per heavy atom. The molecule has 3 nitrogen and oxygen atoms in total. The van der Waals surface area contributed by atoms with Crippen molar-refractivity contribution in [2.75, 3.05) is 7.11 Å². The maximum absolute atomic E-state index is 13.4. The third-order valence-electron chi connectivity index (χ3n) is 2.42. The molecule has 0 aliphatic heterocycles. The molecular formula is C13H12FNO2S. The number of thiophene rings is 1. The number of rotatable bonds is 4. The Bertz CT molecular complexity index is 540. The van der Waals surface area contributed by atoms with Gasteiger partial charge in [0.15, 0.2) is 11.6 Å². The molecule has 1 heterocycles. The Balaban J connectivity index is 2.02. The molecule has 18 heavy (non-hydrogen) atoms. The van der Waals surface area contributed by atoms with E-state index in [1.54, 1.807) is 11.3 Å². The van der Waals surface area contributed by atoms with Crippen LogP contribution in [0.5, 0.6) is 5.75 Å². The Morgan fingerprint density at radius 2 is 2.28 bits per heavy atom. The van der Waals surface area contributed by atoms with Gasteiger partial charge in [-0.15, -0.1) is 11.3 Å². The number of benzene rings is 1. The third-order valence-corrected chi connectivity index (χ3v) is 3.29. The highest BCUT2D eigenvalue weighted by molar-refractivity contribution is 7.09. The number of amides is 1. The van der Waals surface area contributed by atoms with Crippen LogP contribution in [0.3, 0.4) is 0 Å². The summed E-state index contributed by atoms with van der Waals surface area (Å²) >= 11 is 1.56. The topological polar surface area (TPSA) is 38.3 Å². The summed E-state index contributed by atoms with van der Waals surface area (Å²) in [4.78, 5) is 12.8. The predicted molar refractivity (Wildman–Crippen MR) is 68.4 cm³/mol. The van der Waals surface area contributed by atoms with Gasteiger partial charge >= 0.3 is 0 Å². The van der Waals surface area contributed by atoms with Gasteiger partial charge in [-0.3, -0.25) is 4.79 Å². The number of ether oxygens (including phenoxy) is 1. The average molecular weight is 265 g/mol. The molecule has 1 N–H and O–H groups in total. The van der Waals surface area contributed by atoms with Crippen molar-refractivity contribution < 1.29 is 13.9 Å². The quantitative estimate of drug-likeness (QED) is 0.923. The first-order valence-electron chi connectivity index (χ1n) is 5.35. The van der Waals surface area contributed by atoms with Crippen LogP contribution < -0.4 is 10.1 Å².